The molecule has 2 aromatic carbocycles. The summed E-state index contributed by atoms with van der Waals surface area (Å²) in [5.41, 5.74) is 0.982. The van der Waals surface area contributed by atoms with E-state index in [9.17, 15) is 18.8 Å². The summed E-state index contributed by atoms with van der Waals surface area (Å²) in [5, 5.41) is 13.3. The highest BCUT2D eigenvalue weighted by atomic mass is 32.2. The molecule has 0 saturated carbocycles. The minimum atomic E-state index is -0.662. The first kappa shape index (κ1) is 24.2. The largest absolute Gasteiger partial charge is 0.455 e. The van der Waals surface area contributed by atoms with E-state index < -0.39 is 29.6 Å². The van der Waals surface area contributed by atoms with E-state index in [0.717, 1.165) is 16.7 Å². The zero-order valence-corrected chi connectivity index (χ0v) is 18.2. The molecule has 0 aliphatic rings. The maximum Gasteiger partial charge on any atom is 0.319 e. The number of hydrogen-bond acceptors (Lipinski definition) is 7. The highest BCUT2D eigenvalue weighted by molar-refractivity contribution is 8.01. The van der Waals surface area contributed by atoms with Gasteiger partial charge in [0.2, 0.25) is 5.91 Å². The first-order valence-corrected chi connectivity index (χ1v) is 11.1. The van der Waals surface area contributed by atoms with Crippen LogP contribution < -0.4 is 10.6 Å². The molecule has 2 aromatic rings. The Kier molecular flexibility index (Phi) is 9.87. The van der Waals surface area contributed by atoms with Gasteiger partial charge in [0.1, 0.15) is 11.1 Å². The predicted octanol–water partition coefficient (Wildman–Crippen LogP) is 3.68. The molecule has 0 saturated heterocycles. The summed E-state index contributed by atoms with van der Waals surface area (Å²) in [6, 6.07) is 14.4. The molecule has 1 unspecified atom stereocenters. The van der Waals surface area contributed by atoms with Crippen LogP contribution in [-0.2, 0) is 19.1 Å². The molecule has 31 heavy (non-hydrogen) atoms. The molecule has 162 valence electrons. The van der Waals surface area contributed by atoms with Crippen LogP contribution in [0.5, 0.6) is 0 Å². The summed E-state index contributed by atoms with van der Waals surface area (Å²) in [6.07, 6.45) is 0. The second-order valence-electron chi connectivity index (χ2n) is 6.11. The summed E-state index contributed by atoms with van der Waals surface area (Å²) in [6.45, 7) is 1.10. The Bertz CT molecular complexity index is 964. The van der Waals surface area contributed by atoms with E-state index in [1.165, 1.54) is 36.0 Å². The smallest absolute Gasteiger partial charge is 0.319 e. The molecule has 0 aliphatic carbocycles. The van der Waals surface area contributed by atoms with Crippen LogP contribution in [0.15, 0.2) is 53.4 Å². The van der Waals surface area contributed by atoms with E-state index in [4.69, 9.17) is 10.00 Å². The number of nitriles is 1. The van der Waals surface area contributed by atoms with Gasteiger partial charge in [-0.3, -0.25) is 14.4 Å². The lowest BCUT2D eigenvalue weighted by Crippen LogP contribution is -2.26. The molecule has 0 heterocycles. The van der Waals surface area contributed by atoms with Gasteiger partial charge in [-0.15, -0.1) is 23.5 Å². The van der Waals surface area contributed by atoms with Crippen LogP contribution in [0.4, 0.5) is 15.8 Å². The molecule has 0 spiro atoms. The Hall–Kier alpha value is -3.03. The Morgan fingerprint density at radius 1 is 1.10 bits per heavy atom. The van der Waals surface area contributed by atoms with Crippen LogP contribution in [0.3, 0.4) is 0 Å². The fourth-order valence-electron chi connectivity index (χ4n) is 2.25. The number of rotatable bonds is 10. The molecule has 2 amide bonds. The van der Waals surface area contributed by atoms with Gasteiger partial charge in [-0.25, -0.2) is 4.39 Å². The fourth-order valence-corrected chi connectivity index (χ4v) is 3.59. The lowest BCUT2D eigenvalue weighted by atomic mass is 10.3. The van der Waals surface area contributed by atoms with Crippen molar-refractivity contribution in [2.75, 3.05) is 28.7 Å². The Labute approximate surface area is 187 Å². The van der Waals surface area contributed by atoms with Crippen LogP contribution in [-0.4, -0.2) is 41.1 Å². The van der Waals surface area contributed by atoms with Gasteiger partial charge in [-0.2, -0.15) is 5.26 Å². The number of carbonyl (C=O) groups excluding carboxylic acids is 3. The van der Waals surface area contributed by atoms with Gasteiger partial charge in [0, 0.05) is 10.6 Å². The van der Waals surface area contributed by atoms with Gasteiger partial charge in [-0.05, 0) is 43.3 Å². The average molecular weight is 462 g/mol. The summed E-state index contributed by atoms with van der Waals surface area (Å²) < 4.78 is 17.9. The second-order valence-corrected chi connectivity index (χ2v) is 8.45. The molecular weight excluding hydrogens is 441 g/mol. The van der Waals surface area contributed by atoms with Gasteiger partial charge in [0.05, 0.1) is 23.3 Å². The predicted molar refractivity (Wildman–Crippen MR) is 119 cm³/mol. The van der Waals surface area contributed by atoms with Crippen molar-refractivity contribution in [3.8, 4) is 6.07 Å². The topological polar surface area (TPSA) is 108 Å². The molecule has 2 N–H and O–H groups in total. The maximum atomic E-state index is 12.9. The average Bonchev–Trinajstić information content (AvgIpc) is 2.76. The van der Waals surface area contributed by atoms with Crippen molar-refractivity contribution in [1.29, 1.82) is 5.26 Å². The Balaban J connectivity index is 1.73. The number of hydrogen-bond donors (Lipinski definition) is 2. The standard InChI is InChI=1S/C21H20FN3O4S2/c1-14(31-13-20(27)24-16-8-6-15(22)7-9-16)21(28)29-12-19(26)25-17-4-2-3-5-18(17)30-11-10-23/h2-9,14H,11-13H2,1H3,(H,24,27)(H,25,26). The highest BCUT2D eigenvalue weighted by Gasteiger charge is 2.18. The molecular formula is C21H20FN3O4S2. The highest BCUT2D eigenvalue weighted by Crippen LogP contribution is 2.26. The van der Waals surface area contributed by atoms with E-state index in [-0.39, 0.29) is 17.4 Å². The van der Waals surface area contributed by atoms with Crippen LogP contribution in [0.2, 0.25) is 0 Å². The van der Waals surface area contributed by atoms with Crippen molar-refractivity contribution < 1.29 is 23.5 Å². The first-order chi connectivity index (χ1) is 14.9. The fraction of sp³-hybridized carbons (Fsp3) is 0.238. The van der Waals surface area contributed by atoms with Gasteiger partial charge in [0.25, 0.3) is 5.91 Å². The number of esters is 1. The molecule has 0 radical (unpaired) electrons. The van der Waals surface area contributed by atoms with Crippen LogP contribution in [0.1, 0.15) is 6.92 Å². The number of ether oxygens (including phenoxy) is 1. The molecule has 1 atom stereocenters. The lowest BCUT2D eigenvalue weighted by Gasteiger charge is -2.12. The maximum absolute atomic E-state index is 12.9. The Morgan fingerprint density at radius 2 is 1.81 bits per heavy atom. The zero-order chi connectivity index (χ0) is 22.6. The SMILES string of the molecule is CC(SCC(=O)Nc1ccc(F)cc1)C(=O)OCC(=O)Nc1ccccc1SCC#N. The number of benzene rings is 2. The van der Waals surface area contributed by atoms with Gasteiger partial charge in [0.15, 0.2) is 6.61 Å². The first-order valence-electron chi connectivity index (χ1n) is 9.11. The third-order valence-electron chi connectivity index (χ3n) is 3.72. The van der Waals surface area contributed by atoms with E-state index in [1.54, 1.807) is 31.2 Å². The van der Waals surface area contributed by atoms with Crippen molar-refractivity contribution in [3.63, 3.8) is 0 Å². The summed E-state index contributed by atoms with van der Waals surface area (Å²) in [4.78, 5) is 36.9. The molecule has 2 rings (SSSR count). The van der Waals surface area contributed by atoms with E-state index in [0.29, 0.717) is 11.4 Å². The minimum Gasteiger partial charge on any atom is -0.455 e. The summed E-state index contributed by atoms with van der Waals surface area (Å²) >= 11 is 2.34. The molecule has 10 heteroatoms. The van der Waals surface area contributed by atoms with Crippen molar-refractivity contribution in [2.45, 2.75) is 17.1 Å². The van der Waals surface area contributed by atoms with Gasteiger partial charge >= 0.3 is 5.97 Å². The number of para-hydroxylation sites is 1. The number of amides is 2. The molecule has 0 bridgehead atoms. The number of nitrogens with one attached hydrogen (secondary N) is 2. The van der Waals surface area contributed by atoms with Gasteiger partial charge < -0.3 is 15.4 Å². The minimum absolute atomic E-state index is 0.0106. The van der Waals surface area contributed by atoms with Crippen molar-refractivity contribution in [2.24, 2.45) is 0 Å². The number of carbonyl (C=O) groups is 3. The quantitative estimate of drug-likeness (QED) is 0.410. The third kappa shape index (κ3) is 8.70. The van der Waals surface area contributed by atoms with Crippen LogP contribution in [0.25, 0.3) is 0 Å². The lowest BCUT2D eigenvalue weighted by molar-refractivity contribution is -0.146. The second kappa shape index (κ2) is 12.6. The van der Waals surface area contributed by atoms with E-state index in [1.807, 2.05) is 6.07 Å². The van der Waals surface area contributed by atoms with Crippen molar-refractivity contribution >= 4 is 52.7 Å². The Morgan fingerprint density at radius 3 is 2.52 bits per heavy atom. The van der Waals surface area contributed by atoms with Crippen LogP contribution >= 0.6 is 23.5 Å². The number of thioether (sulfide) groups is 2. The molecule has 7 nitrogen and oxygen atoms in total. The molecule has 0 fully saturated rings. The number of anilines is 2. The zero-order valence-electron chi connectivity index (χ0n) is 16.6. The van der Waals surface area contributed by atoms with E-state index >= 15 is 0 Å². The number of halogens is 1. The monoisotopic (exact) mass is 461 g/mol. The molecule has 0 aromatic heterocycles. The third-order valence-corrected chi connectivity index (χ3v) is 5.78. The molecule has 0 aliphatic heterocycles. The summed E-state index contributed by atoms with van der Waals surface area (Å²) in [7, 11) is 0. The van der Waals surface area contributed by atoms with Crippen LogP contribution in [0, 0.1) is 17.1 Å². The normalized spacial score (nSPS) is 11.1. The van der Waals surface area contributed by atoms with Crippen molar-refractivity contribution in [1.82, 2.24) is 0 Å². The van der Waals surface area contributed by atoms with Crippen molar-refractivity contribution in [3.05, 3.63) is 54.3 Å². The number of nitrogens with zero attached hydrogens (tertiary/aromatic N) is 1. The van der Waals surface area contributed by atoms with E-state index in [2.05, 4.69) is 10.6 Å². The summed E-state index contributed by atoms with van der Waals surface area (Å²) in [5.74, 6) is -1.65. The van der Waals surface area contributed by atoms with Gasteiger partial charge in [-0.1, -0.05) is 12.1 Å².